The molecule has 1 atom stereocenters. The van der Waals surface area contributed by atoms with Crippen LogP contribution in [-0.2, 0) is 4.79 Å². The van der Waals surface area contributed by atoms with Crippen LogP contribution in [0.2, 0.25) is 0 Å². The third-order valence-corrected chi connectivity index (χ3v) is 3.16. The molecule has 0 aromatic heterocycles. The van der Waals surface area contributed by atoms with Gasteiger partial charge in [-0.3, -0.25) is 4.79 Å². The predicted molar refractivity (Wildman–Crippen MR) is 74.3 cm³/mol. The minimum atomic E-state index is -0.800. The van der Waals surface area contributed by atoms with Crippen LogP contribution >= 0.6 is 0 Å². The first-order chi connectivity index (χ1) is 8.45. The number of aryl methyl sites for hydroxylation is 2. The van der Waals surface area contributed by atoms with Gasteiger partial charge in [-0.1, -0.05) is 17.7 Å². The molecule has 0 bridgehead atoms. The van der Waals surface area contributed by atoms with Gasteiger partial charge in [-0.2, -0.15) is 0 Å². The molecule has 2 N–H and O–H groups in total. The summed E-state index contributed by atoms with van der Waals surface area (Å²) in [5, 5.41) is 11.8. The lowest BCUT2D eigenvalue weighted by molar-refractivity contribution is -0.139. The Morgan fingerprint density at radius 2 is 2.11 bits per heavy atom. The Labute approximate surface area is 109 Å². The summed E-state index contributed by atoms with van der Waals surface area (Å²) in [5.74, 6) is -0.800. The Bertz CT molecular complexity index is 418. The molecule has 0 fully saturated rings. The van der Waals surface area contributed by atoms with Crippen molar-refractivity contribution in [2.75, 3.05) is 25.5 Å². The van der Waals surface area contributed by atoms with Gasteiger partial charge in [0.1, 0.15) is 6.04 Å². The van der Waals surface area contributed by atoms with Crippen LogP contribution in [0.1, 0.15) is 17.5 Å². The van der Waals surface area contributed by atoms with Crippen LogP contribution in [-0.4, -0.2) is 37.8 Å². The van der Waals surface area contributed by atoms with Crippen LogP contribution in [0.25, 0.3) is 0 Å². The Morgan fingerprint density at radius 3 is 2.61 bits per heavy atom. The van der Waals surface area contributed by atoms with E-state index in [0.717, 1.165) is 5.69 Å². The lowest BCUT2D eigenvalue weighted by Crippen LogP contribution is -2.37. The molecule has 0 saturated heterocycles. The molecule has 1 unspecified atom stereocenters. The predicted octanol–water partition coefficient (Wildman–Crippen LogP) is 1.80. The topological polar surface area (TPSA) is 52.6 Å². The lowest BCUT2D eigenvalue weighted by Gasteiger charge is -2.23. The average Bonchev–Trinajstić information content (AvgIpc) is 2.28. The van der Waals surface area contributed by atoms with Crippen LogP contribution in [0.4, 0.5) is 5.69 Å². The van der Waals surface area contributed by atoms with E-state index in [4.69, 9.17) is 5.11 Å². The molecule has 0 saturated carbocycles. The van der Waals surface area contributed by atoms with Crippen molar-refractivity contribution < 1.29 is 9.90 Å². The smallest absolute Gasteiger partial charge is 0.320 e. The summed E-state index contributed by atoms with van der Waals surface area (Å²) in [4.78, 5) is 13.0. The molecular formula is C14H22N2O2. The lowest BCUT2D eigenvalue weighted by atomic mass is 10.1. The molecule has 0 aliphatic heterocycles. The monoisotopic (exact) mass is 250 g/mol. The fourth-order valence-corrected chi connectivity index (χ4v) is 2.07. The van der Waals surface area contributed by atoms with Gasteiger partial charge in [0.05, 0.1) is 0 Å². The number of hydrogen-bond acceptors (Lipinski definition) is 3. The number of carboxylic acids is 1. The van der Waals surface area contributed by atoms with Gasteiger partial charge in [-0.05, 0) is 38.9 Å². The summed E-state index contributed by atoms with van der Waals surface area (Å²) < 4.78 is 0. The fraction of sp³-hybridized carbons (Fsp3) is 0.500. The second-order valence-electron chi connectivity index (χ2n) is 4.68. The molecule has 0 radical (unpaired) electrons. The van der Waals surface area contributed by atoms with E-state index in [2.05, 4.69) is 42.3 Å². The van der Waals surface area contributed by atoms with E-state index in [1.807, 2.05) is 7.05 Å². The average molecular weight is 250 g/mol. The van der Waals surface area contributed by atoms with Gasteiger partial charge >= 0.3 is 5.97 Å². The van der Waals surface area contributed by atoms with Gasteiger partial charge in [0, 0.05) is 19.3 Å². The van der Waals surface area contributed by atoms with Crippen LogP contribution < -0.4 is 10.2 Å². The van der Waals surface area contributed by atoms with E-state index in [1.54, 1.807) is 7.05 Å². The highest BCUT2D eigenvalue weighted by molar-refractivity contribution is 5.73. The normalized spacial score (nSPS) is 12.2. The summed E-state index contributed by atoms with van der Waals surface area (Å²) in [5.41, 5.74) is 3.61. The summed E-state index contributed by atoms with van der Waals surface area (Å²) in [6.45, 7) is 4.85. The highest BCUT2D eigenvalue weighted by Crippen LogP contribution is 2.20. The van der Waals surface area contributed by atoms with Crippen molar-refractivity contribution >= 4 is 11.7 Å². The highest BCUT2D eigenvalue weighted by atomic mass is 16.4. The van der Waals surface area contributed by atoms with E-state index in [9.17, 15) is 4.79 Å². The second kappa shape index (κ2) is 6.40. The molecule has 0 aliphatic rings. The number of hydrogen-bond donors (Lipinski definition) is 2. The third-order valence-electron chi connectivity index (χ3n) is 3.16. The van der Waals surface area contributed by atoms with Crippen molar-refractivity contribution in [3.8, 4) is 0 Å². The van der Waals surface area contributed by atoms with Gasteiger partial charge in [0.25, 0.3) is 0 Å². The van der Waals surface area contributed by atoms with Gasteiger partial charge in [-0.25, -0.2) is 0 Å². The molecular weight excluding hydrogens is 228 g/mol. The van der Waals surface area contributed by atoms with Crippen LogP contribution in [0.15, 0.2) is 18.2 Å². The quantitative estimate of drug-likeness (QED) is 0.808. The number of likely N-dealkylation sites (N-methyl/N-ethyl adjacent to an activating group) is 1. The number of anilines is 1. The summed E-state index contributed by atoms with van der Waals surface area (Å²) >= 11 is 0. The molecule has 1 aromatic rings. The molecule has 0 heterocycles. The van der Waals surface area contributed by atoms with Crippen molar-refractivity contribution in [3.05, 3.63) is 29.3 Å². The van der Waals surface area contributed by atoms with Gasteiger partial charge in [0.15, 0.2) is 0 Å². The highest BCUT2D eigenvalue weighted by Gasteiger charge is 2.15. The number of benzene rings is 1. The molecule has 0 aliphatic carbocycles. The molecule has 0 amide bonds. The minimum Gasteiger partial charge on any atom is -0.480 e. The molecule has 1 rings (SSSR count). The number of rotatable bonds is 6. The number of carboxylic acid groups (broad SMARTS) is 1. The van der Waals surface area contributed by atoms with Crippen molar-refractivity contribution in [3.63, 3.8) is 0 Å². The van der Waals surface area contributed by atoms with E-state index < -0.39 is 12.0 Å². The van der Waals surface area contributed by atoms with E-state index in [-0.39, 0.29) is 0 Å². The Balaban J connectivity index is 2.65. The fourth-order valence-electron chi connectivity index (χ4n) is 2.07. The van der Waals surface area contributed by atoms with Gasteiger partial charge < -0.3 is 15.3 Å². The first kappa shape index (κ1) is 14.5. The molecule has 4 nitrogen and oxygen atoms in total. The summed E-state index contributed by atoms with van der Waals surface area (Å²) in [6, 6.07) is 5.81. The maximum Gasteiger partial charge on any atom is 0.320 e. The van der Waals surface area contributed by atoms with Crippen molar-refractivity contribution in [1.82, 2.24) is 5.32 Å². The number of nitrogens with zero attached hydrogens (tertiary/aromatic N) is 1. The van der Waals surface area contributed by atoms with Crippen molar-refractivity contribution in [2.24, 2.45) is 0 Å². The zero-order valence-electron chi connectivity index (χ0n) is 11.5. The Kier molecular flexibility index (Phi) is 5.16. The molecule has 100 valence electrons. The number of nitrogens with one attached hydrogen (secondary N) is 1. The molecule has 4 heteroatoms. The maximum absolute atomic E-state index is 10.9. The van der Waals surface area contributed by atoms with Gasteiger partial charge in [0.2, 0.25) is 0 Å². The number of carbonyl (C=O) groups is 1. The maximum atomic E-state index is 10.9. The molecule has 0 spiro atoms. The third kappa shape index (κ3) is 3.74. The Morgan fingerprint density at radius 1 is 1.44 bits per heavy atom. The number of aliphatic carboxylic acids is 1. The van der Waals surface area contributed by atoms with E-state index in [1.165, 1.54) is 11.1 Å². The zero-order valence-corrected chi connectivity index (χ0v) is 11.5. The standard InChI is InChI=1S/C14H22N2O2/c1-10-5-6-13(11(2)9-10)16(4)8-7-12(15-3)14(17)18/h5-6,9,12,15H,7-8H2,1-4H3,(H,17,18). The Hall–Kier alpha value is -1.55. The first-order valence-electron chi connectivity index (χ1n) is 6.14. The first-order valence-corrected chi connectivity index (χ1v) is 6.14. The van der Waals surface area contributed by atoms with Crippen LogP contribution in [0, 0.1) is 13.8 Å². The minimum absolute atomic E-state index is 0.488. The molecule has 18 heavy (non-hydrogen) atoms. The second-order valence-corrected chi connectivity index (χ2v) is 4.68. The zero-order chi connectivity index (χ0) is 13.7. The summed E-state index contributed by atoms with van der Waals surface area (Å²) in [6.07, 6.45) is 0.579. The van der Waals surface area contributed by atoms with E-state index >= 15 is 0 Å². The van der Waals surface area contributed by atoms with Crippen LogP contribution in [0.3, 0.4) is 0 Å². The largest absolute Gasteiger partial charge is 0.480 e. The van der Waals surface area contributed by atoms with Crippen molar-refractivity contribution in [1.29, 1.82) is 0 Å². The van der Waals surface area contributed by atoms with Gasteiger partial charge in [-0.15, -0.1) is 0 Å². The summed E-state index contributed by atoms with van der Waals surface area (Å²) in [7, 11) is 3.67. The molecule has 1 aromatic carbocycles. The van der Waals surface area contributed by atoms with E-state index in [0.29, 0.717) is 13.0 Å². The SMILES string of the molecule is CNC(CCN(C)c1ccc(C)cc1C)C(=O)O. The van der Waals surface area contributed by atoms with Crippen LogP contribution in [0.5, 0.6) is 0 Å². The van der Waals surface area contributed by atoms with Crippen molar-refractivity contribution in [2.45, 2.75) is 26.3 Å².